The second-order valence-corrected chi connectivity index (χ2v) is 0.922. The molecule has 0 atom stereocenters. The topological polar surface area (TPSA) is 0 Å². The summed E-state index contributed by atoms with van der Waals surface area (Å²) in [5, 5.41) is 4.44. The summed E-state index contributed by atoms with van der Waals surface area (Å²) in [4.78, 5) is 0. The second kappa shape index (κ2) is 135. The Morgan fingerprint density at radius 1 is 0.706 bits per heavy atom. The summed E-state index contributed by atoms with van der Waals surface area (Å²) in [5.74, 6) is 0. The van der Waals surface area contributed by atoms with Crippen molar-refractivity contribution in [1.82, 2.24) is 0 Å². The van der Waals surface area contributed by atoms with E-state index in [9.17, 15) is 0 Å². The van der Waals surface area contributed by atoms with E-state index in [1.807, 2.05) is 23.9 Å². The third-order valence-electron chi connectivity index (χ3n) is 0. The molecule has 0 N–H and O–H groups in total. The molecule has 1 radical (unpaired) electrons. The zero-order valence-electron chi connectivity index (χ0n) is 9.64. The molecule has 0 aromatic heterocycles. The van der Waals surface area contributed by atoms with E-state index in [1.165, 1.54) is 0 Å². The van der Waals surface area contributed by atoms with Crippen molar-refractivity contribution in [3.05, 3.63) is 14.9 Å². The Kier molecular flexibility index (Phi) is 865. The fourth-order valence-electron chi connectivity index (χ4n) is 0. The van der Waals surface area contributed by atoms with Crippen molar-refractivity contribution in [1.29, 1.82) is 0 Å². The van der Waals surface area contributed by atoms with Gasteiger partial charge in [0.05, 0.1) is 0 Å². The van der Waals surface area contributed by atoms with E-state index in [2.05, 4.69) is 26.9 Å². The molecule has 0 unspecified atom stereocenters. The van der Waals surface area contributed by atoms with Crippen LogP contribution in [0.5, 0.6) is 0 Å². The fraction of sp³-hybridized carbons (Fsp3) is 0.200. The molecule has 0 saturated carbocycles. The smallest absolute Gasteiger partial charge is 0 e. The van der Waals surface area contributed by atoms with Crippen molar-refractivity contribution in [2.24, 2.45) is 0 Å². The molecule has 0 amide bonds. The maximum absolute atomic E-state index is 4.44. The van der Waals surface area contributed by atoms with Crippen LogP contribution in [0.4, 0.5) is 0 Å². The van der Waals surface area contributed by atoms with Crippen molar-refractivity contribution < 1.29 is 302 Å². The molecule has 91 valence electrons. The molecule has 0 aliphatic heterocycles. The van der Waals surface area contributed by atoms with Crippen LogP contribution in [-0.2, 0) is 116 Å². The van der Waals surface area contributed by atoms with Crippen LogP contribution in [0.3, 0.4) is 0 Å². The average Bonchev–Trinajstić information content (AvgIpc) is 1.46. The standard InChI is InChI=1S/C2H3.2CH3.CH.6U.3V.3W/c1-2;;;;;;;;;;;;;;;/h1H3;2*1H3;1H;;;;;;;;;;;;/q4*-1;;;;;;;;;;;;. The Balaban J connectivity index is -0.000000000524. The Morgan fingerprint density at radius 3 is 0.706 bits per heavy atom. The summed E-state index contributed by atoms with van der Waals surface area (Å²) in [6.45, 7) is 1.85. The fourth-order valence-corrected chi connectivity index (χ4v) is 0. The summed E-state index contributed by atoms with van der Waals surface area (Å²) in [6, 6.07) is 0. The van der Waals surface area contributed by atoms with E-state index in [-0.39, 0.29) is 283 Å². The number of rotatable bonds is 0. The van der Waals surface area contributed by atoms with Crippen LogP contribution in [0.25, 0.3) is 0 Å². The minimum absolute atomic E-state index is 0. The van der Waals surface area contributed by atoms with Gasteiger partial charge in [0, 0.05) is 268 Å². The first-order valence-corrected chi connectivity index (χ1v) is 2.49. The Hall–Kier alpha value is 9.87. The maximum Gasteiger partial charge on any atom is 0 e. The number of hydrogen-bond acceptors (Lipinski definition) is 0. The van der Waals surface area contributed by atoms with Gasteiger partial charge in [-0.1, -0.05) is 0 Å². The van der Waals surface area contributed by atoms with E-state index >= 15 is 0 Å². The van der Waals surface area contributed by atoms with Crippen molar-refractivity contribution >= 4 is 9.96 Å². The third-order valence-corrected chi connectivity index (χ3v) is 0. The molecule has 0 rings (SSSR count). The van der Waals surface area contributed by atoms with Crippen LogP contribution < -0.4 is 0 Å². The quantitative estimate of drug-likeness (QED) is 0.318. The van der Waals surface area contributed by atoms with E-state index in [1.54, 1.807) is 0 Å². The van der Waals surface area contributed by atoms with Crippen molar-refractivity contribution in [3.63, 3.8) is 0 Å². The van der Waals surface area contributed by atoms with Gasteiger partial charge >= 0.3 is 50.8 Å². The van der Waals surface area contributed by atoms with Crippen LogP contribution in [0.2, 0.25) is 0 Å². The zero-order chi connectivity index (χ0) is 4.71. The molecule has 0 bridgehead atoms. The summed E-state index contributed by atoms with van der Waals surface area (Å²) in [5.41, 5.74) is 0. The van der Waals surface area contributed by atoms with E-state index in [0.29, 0.717) is 0 Å². The molecule has 0 aromatic rings. The minimum Gasteiger partial charge on any atom is -0.358 e. The predicted molar refractivity (Wildman–Crippen MR) is 29.6 cm³/mol. The normalized spacial score (nSPS) is 0.882. The van der Waals surface area contributed by atoms with Gasteiger partial charge in [0.1, 0.15) is 0 Å². The Bertz CT molecular complexity index is 46.9. The van der Waals surface area contributed by atoms with Crippen LogP contribution in [0.15, 0.2) is 0 Å². The van der Waals surface area contributed by atoms with Gasteiger partial charge < -0.3 is 14.9 Å². The van der Waals surface area contributed by atoms with Gasteiger partial charge in [0.2, 0.25) is 0 Å². The number of hydrogen-bond donors (Lipinski definition) is 0. The molecule has 0 aromatic carbocycles. The van der Waals surface area contributed by atoms with Gasteiger partial charge in [-0.05, 0) is 0 Å². The molecule has 0 nitrogen and oxygen atoms in total. The molecule has 17 heavy (non-hydrogen) atoms. The zero-order valence-corrected chi connectivity index (χ0v) is 47.6. The first-order valence-electron chi connectivity index (χ1n) is 0.982. The van der Waals surface area contributed by atoms with Gasteiger partial charge in [-0.3, -0.25) is 0 Å². The van der Waals surface area contributed by atoms with Gasteiger partial charge in [0.15, 0.2) is 0 Å². The van der Waals surface area contributed by atoms with Gasteiger partial charge in [-0.15, -0.1) is 0 Å². The molecular formula is C5H10U6V3W3-4. The molecular weight excluding hydrogens is 2190 g/mol. The maximum atomic E-state index is 4.44. The van der Waals surface area contributed by atoms with E-state index in [0.717, 1.165) is 0 Å². The largest absolute Gasteiger partial charge is 0.358 e. The van der Waals surface area contributed by atoms with Crippen LogP contribution in [0, 0.1) is 202 Å². The van der Waals surface area contributed by atoms with E-state index in [4.69, 9.17) is 0 Å². The molecule has 0 fully saturated rings. The van der Waals surface area contributed by atoms with Crippen LogP contribution in [0.1, 0.15) is 6.92 Å². The minimum atomic E-state index is 0. The van der Waals surface area contributed by atoms with Crippen molar-refractivity contribution in [2.45, 2.75) is 6.92 Å². The first kappa shape index (κ1) is 109. The molecule has 12 heteroatoms. The summed E-state index contributed by atoms with van der Waals surface area (Å²) in [6.07, 6.45) is 0. The molecule has 0 aliphatic carbocycles. The first-order chi connectivity index (χ1) is 2.41. The van der Waals surface area contributed by atoms with Gasteiger partial charge in [0.25, 0.3) is 0 Å². The van der Waals surface area contributed by atoms with Gasteiger partial charge in [-0.25, -0.2) is 0 Å². The Labute approximate surface area is 324 Å². The molecule has 0 spiro atoms. The second-order valence-electron chi connectivity index (χ2n) is 0.224. The van der Waals surface area contributed by atoms with Gasteiger partial charge in [-0.2, -0.15) is 0 Å². The van der Waals surface area contributed by atoms with E-state index < -0.39 is 0 Å². The van der Waals surface area contributed by atoms with Crippen molar-refractivity contribution in [3.8, 4) is 0 Å². The van der Waals surface area contributed by atoms with Crippen LogP contribution in [-0.4, -0.2) is 9.96 Å². The monoisotopic (exact) mass is 2200 g/mol. The Morgan fingerprint density at radius 2 is 0.706 bits per heavy atom. The third kappa shape index (κ3) is 151. The SMILES string of the molecule is C[C-]=[V].[CH-]=[V].[CH3-].[CH3-].[U].[U].[U].[U].[U].[U].[V].[W].[W].[W]. The van der Waals surface area contributed by atoms with Crippen LogP contribution >= 0.6 is 0 Å². The summed E-state index contributed by atoms with van der Waals surface area (Å²) >= 11 is 4.03. The van der Waals surface area contributed by atoms with Crippen molar-refractivity contribution in [2.75, 3.05) is 0 Å². The summed E-state index contributed by atoms with van der Waals surface area (Å²) < 4.78 is 2.69. The average molecular weight is 2200 g/mol. The molecule has 0 saturated heterocycles. The molecule has 0 heterocycles. The predicted octanol–water partition coefficient (Wildman–Crippen LogP) is 0.965. The summed E-state index contributed by atoms with van der Waals surface area (Å²) in [7, 11) is 0. The molecule has 0 aliphatic rings.